The van der Waals surface area contributed by atoms with Crippen LogP contribution >= 0.6 is 0 Å². The first kappa shape index (κ1) is 19.5. The normalized spacial score (nSPS) is 17.7. The number of nitrogens with zero attached hydrogens (tertiary/aromatic N) is 1. The van der Waals surface area contributed by atoms with Crippen LogP contribution in [0.1, 0.15) is 45.9 Å². The summed E-state index contributed by atoms with van der Waals surface area (Å²) in [4.78, 5) is 25.8. The number of carbonyl (C=O) groups is 2. The standard InChI is InChI=1S/C23H25NO5/c1-24-10-9-17-11-20-22(29-14-28-20)23(27-2)21(17)19(24)12-18(26)8-7-15-3-5-16(13-25)6-4-15/h3-6,11,13,19H,7-10,12,14H2,1-2H3. The van der Waals surface area contributed by atoms with Crippen molar-refractivity contribution in [1.29, 1.82) is 0 Å². The molecular formula is C23H25NO5. The van der Waals surface area contributed by atoms with Crippen molar-refractivity contribution in [2.75, 3.05) is 27.5 Å². The molecule has 1 atom stereocenters. The van der Waals surface area contributed by atoms with Crippen molar-refractivity contribution >= 4 is 12.1 Å². The predicted molar refractivity (Wildman–Crippen MR) is 108 cm³/mol. The zero-order chi connectivity index (χ0) is 20.4. The van der Waals surface area contributed by atoms with E-state index in [-0.39, 0.29) is 18.6 Å². The minimum Gasteiger partial charge on any atom is -0.492 e. The number of likely N-dealkylation sites (N-methyl/N-ethyl adjacent to an activating group) is 1. The van der Waals surface area contributed by atoms with Crippen molar-refractivity contribution in [2.24, 2.45) is 0 Å². The highest BCUT2D eigenvalue weighted by Gasteiger charge is 2.34. The second-order valence-electron chi connectivity index (χ2n) is 7.57. The van der Waals surface area contributed by atoms with E-state index in [9.17, 15) is 9.59 Å². The smallest absolute Gasteiger partial charge is 0.231 e. The largest absolute Gasteiger partial charge is 0.492 e. The summed E-state index contributed by atoms with van der Waals surface area (Å²) in [6, 6.07) is 9.36. The van der Waals surface area contributed by atoms with Gasteiger partial charge >= 0.3 is 0 Å². The van der Waals surface area contributed by atoms with E-state index in [4.69, 9.17) is 14.2 Å². The number of hydrogen-bond donors (Lipinski definition) is 0. The third-order valence-corrected chi connectivity index (χ3v) is 5.78. The van der Waals surface area contributed by atoms with Gasteiger partial charge in [0.1, 0.15) is 12.1 Å². The maximum absolute atomic E-state index is 12.8. The zero-order valence-electron chi connectivity index (χ0n) is 16.8. The number of benzene rings is 2. The quantitative estimate of drug-likeness (QED) is 0.670. The van der Waals surface area contributed by atoms with Gasteiger partial charge in [0, 0.05) is 36.6 Å². The number of aryl methyl sites for hydroxylation is 1. The van der Waals surface area contributed by atoms with Gasteiger partial charge in [0.25, 0.3) is 0 Å². The molecule has 4 rings (SSSR count). The minimum absolute atomic E-state index is 0.0480. The zero-order valence-corrected chi connectivity index (χ0v) is 16.8. The summed E-state index contributed by atoms with van der Waals surface area (Å²) in [5, 5.41) is 0. The average molecular weight is 395 g/mol. The highest BCUT2D eigenvalue weighted by atomic mass is 16.7. The van der Waals surface area contributed by atoms with Gasteiger partial charge in [-0.3, -0.25) is 14.5 Å². The Hall–Kier alpha value is -2.86. The molecule has 0 N–H and O–H groups in total. The topological polar surface area (TPSA) is 65.1 Å². The molecule has 2 aliphatic heterocycles. The van der Waals surface area contributed by atoms with Gasteiger partial charge < -0.3 is 14.2 Å². The summed E-state index contributed by atoms with van der Waals surface area (Å²) in [5.41, 5.74) is 3.90. The number of fused-ring (bicyclic) bond motifs is 2. The summed E-state index contributed by atoms with van der Waals surface area (Å²) < 4.78 is 16.9. The van der Waals surface area contributed by atoms with Crippen LogP contribution in [0.4, 0.5) is 0 Å². The van der Waals surface area contributed by atoms with Crippen molar-refractivity contribution in [2.45, 2.75) is 31.7 Å². The SMILES string of the molecule is COc1c2c(cc3c1C(CC(=O)CCc1ccc(C=O)cc1)N(C)CC3)OCO2. The molecule has 2 aliphatic rings. The summed E-state index contributed by atoms with van der Waals surface area (Å²) in [6.07, 6.45) is 3.26. The molecule has 0 saturated carbocycles. The molecule has 0 aliphatic carbocycles. The molecule has 0 aromatic heterocycles. The fraction of sp³-hybridized carbons (Fsp3) is 0.391. The molecule has 0 amide bonds. The molecule has 0 fully saturated rings. The molecule has 1 unspecified atom stereocenters. The van der Waals surface area contributed by atoms with Crippen LogP contribution in [0.3, 0.4) is 0 Å². The van der Waals surface area contributed by atoms with Crippen LogP contribution in [0.2, 0.25) is 0 Å². The van der Waals surface area contributed by atoms with Crippen LogP contribution < -0.4 is 14.2 Å². The van der Waals surface area contributed by atoms with Crippen LogP contribution in [0.15, 0.2) is 30.3 Å². The highest BCUT2D eigenvalue weighted by molar-refractivity contribution is 5.80. The number of ether oxygens (including phenoxy) is 3. The first-order valence-corrected chi connectivity index (χ1v) is 9.86. The first-order chi connectivity index (χ1) is 14.1. The van der Waals surface area contributed by atoms with Crippen molar-refractivity contribution < 1.29 is 23.8 Å². The second-order valence-corrected chi connectivity index (χ2v) is 7.57. The van der Waals surface area contributed by atoms with Gasteiger partial charge in [0.05, 0.1) is 7.11 Å². The second kappa shape index (κ2) is 8.25. The molecule has 6 nitrogen and oxygen atoms in total. The number of rotatable bonds is 7. The Morgan fingerprint density at radius 3 is 2.79 bits per heavy atom. The number of aldehydes is 1. The Kier molecular flexibility index (Phi) is 5.53. The maximum Gasteiger partial charge on any atom is 0.231 e. The van der Waals surface area contributed by atoms with Gasteiger partial charge in [-0.25, -0.2) is 0 Å². The monoisotopic (exact) mass is 395 g/mol. The Bertz CT molecular complexity index is 922. The molecule has 0 saturated heterocycles. The lowest BCUT2D eigenvalue weighted by Gasteiger charge is -2.35. The summed E-state index contributed by atoms with van der Waals surface area (Å²) in [5.74, 6) is 2.24. The number of hydrogen-bond acceptors (Lipinski definition) is 6. The lowest BCUT2D eigenvalue weighted by atomic mass is 9.87. The number of methoxy groups -OCH3 is 1. The van der Waals surface area contributed by atoms with Gasteiger partial charge in [-0.1, -0.05) is 24.3 Å². The van der Waals surface area contributed by atoms with Crippen LogP contribution in [-0.2, 0) is 17.6 Å². The van der Waals surface area contributed by atoms with E-state index >= 15 is 0 Å². The van der Waals surface area contributed by atoms with Gasteiger partial charge in [-0.05, 0) is 37.1 Å². The van der Waals surface area contributed by atoms with Gasteiger partial charge in [0.15, 0.2) is 11.5 Å². The molecule has 2 aromatic carbocycles. The van der Waals surface area contributed by atoms with E-state index in [0.29, 0.717) is 42.1 Å². The summed E-state index contributed by atoms with van der Waals surface area (Å²) >= 11 is 0. The van der Waals surface area contributed by atoms with E-state index in [2.05, 4.69) is 4.90 Å². The van der Waals surface area contributed by atoms with E-state index in [1.807, 2.05) is 25.2 Å². The summed E-state index contributed by atoms with van der Waals surface area (Å²) in [6.45, 7) is 1.07. The van der Waals surface area contributed by atoms with Crippen LogP contribution in [0.25, 0.3) is 0 Å². The molecule has 0 radical (unpaired) electrons. The third kappa shape index (κ3) is 3.85. The van der Waals surface area contributed by atoms with Crippen LogP contribution in [-0.4, -0.2) is 44.5 Å². The lowest BCUT2D eigenvalue weighted by Crippen LogP contribution is -2.34. The lowest BCUT2D eigenvalue weighted by molar-refractivity contribution is -0.120. The predicted octanol–water partition coefficient (Wildman–Crippen LogP) is 3.36. The average Bonchev–Trinajstić information content (AvgIpc) is 3.21. The van der Waals surface area contributed by atoms with E-state index in [1.54, 1.807) is 19.2 Å². The van der Waals surface area contributed by atoms with Gasteiger partial charge in [-0.15, -0.1) is 0 Å². The van der Waals surface area contributed by atoms with E-state index in [1.165, 1.54) is 0 Å². The molecule has 0 bridgehead atoms. The van der Waals surface area contributed by atoms with Crippen LogP contribution in [0.5, 0.6) is 17.2 Å². The molecule has 152 valence electrons. The van der Waals surface area contributed by atoms with Crippen molar-refractivity contribution in [3.63, 3.8) is 0 Å². The highest BCUT2D eigenvalue weighted by Crippen LogP contribution is 2.50. The first-order valence-electron chi connectivity index (χ1n) is 9.86. The number of Topliss-reactive ketones (excluding diaryl/α,β-unsaturated/α-hetero) is 1. The van der Waals surface area contributed by atoms with E-state index in [0.717, 1.165) is 35.9 Å². The van der Waals surface area contributed by atoms with Gasteiger partial charge in [-0.2, -0.15) is 0 Å². The van der Waals surface area contributed by atoms with Crippen LogP contribution in [0, 0.1) is 0 Å². The third-order valence-electron chi connectivity index (χ3n) is 5.78. The number of ketones is 1. The molecule has 0 spiro atoms. The molecule has 2 heterocycles. The van der Waals surface area contributed by atoms with Crippen molar-refractivity contribution in [3.05, 3.63) is 52.6 Å². The maximum atomic E-state index is 12.8. The Morgan fingerprint density at radius 2 is 2.07 bits per heavy atom. The fourth-order valence-corrected chi connectivity index (χ4v) is 4.15. The Labute approximate surface area is 170 Å². The minimum atomic E-state index is -0.0480. The molecule has 29 heavy (non-hydrogen) atoms. The fourth-order valence-electron chi connectivity index (χ4n) is 4.15. The Balaban J connectivity index is 1.51. The number of carbonyl (C=O) groups excluding carboxylic acids is 2. The Morgan fingerprint density at radius 1 is 1.28 bits per heavy atom. The van der Waals surface area contributed by atoms with Crippen molar-refractivity contribution in [3.8, 4) is 17.2 Å². The molecule has 2 aromatic rings. The summed E-state index contributed by atoms with van der Waals surface area (Å²) in [7, 11) is 3.68. The van der Waals surface area contributed by atoms with Crippen molar-refractivity contribution in [1.82, 2.24) is 4.90 Å². The van der Waals surface area contributed by atoms with Gasteiger partial charge in [0.2, 0.25) is 12.5 Å². The van der Waals surface area contributed by atoms with E-state index < -0.39 is 0 Å². The molecular weight excluding hydrogens is 370 g/mol. The molecule has 6 heteroatoms.